The minimum Gasteiger partial charge on any atom is -0.481 e. The Bertz CT molecular complexity index is 1000. The Morgan fingerprint density at radius 2 is 1.70 bits per heavy atom. The lowest BCUT2D eigenvalue weighted by atomic mass is 10.2. The Hall–Kier alpha value is -2.91. The van der Waals surface area contributed by atoms with Gasteiger partial charge in [-0.1, -0.05) is 32.0 Å². The fourth-order valence-corrected chi connectivity index (χ4v) is 4.25. The van der Waals surface area contributed by atoms with Crippen LogP contribution in [0.15, 0.2) is 53.4 Å². The second kappa shape index (κ2) is 10.2. The maximum atomic E-state index is 12.6. The van der Waals surface area contributed by atoms with E-state index in [1.165, 1.54) is 28.6 Å². The fraction of sp³-hybridized carbons (Fsp3) is 0.333. The highest BCUT2D eigenvalue weighted by atomic mass is 32.2. The van der Waals surface area contributed by atoms with Gasteiger partial charge in [-0.2, -0.15) is 4.31 Å². The highest BCUT2D eigenvalue weighted by molar-refractivity contribution is 7.89. The maximum absolute atomic E-state index is 12.6. The molecular formula is C21H27N3O5S. The van der Waals surface area contributed by atoms with Crippen LogP contribution in [-0.4, -0.2) is 43.7 Å². The van der Waals surface area contributed by atoms with Crippen LogP contribution in [0.25, 0.3) is 0 Å². The molecule has 1 atom stereocenters. The molecule has 2 N–H and O–H groups in total. The zero-order valence-corrected chi connectivity index (χ0v) is 18.3. The molecule has 0 fully saturated rings. The molecule has 8 nitrogen and oxygen atoms in total. The Labute approximate surface area is 177 Å². The van der Waals surface area contributed by atoms with Gasteiger partial charge in [0.15, 0.2) is 6.10 Å². The Balaban J connectivity index is 2.02. The molecule has 9 heteroatoms. The van der Waals surface area contributed by atoms with Crippen molar-refractivity contribution in [1.82, 2.24) is 15.2 Å². The number of nitrogens with one attached hydrogen (secondary N) is 2. The van der Waals surface area contributed by atoms with Gasteiger partial charge in [0.1, 0.15) is 5.75 Å². The van der Waals surface area contributed by atoms with Gasteiger partial charge in [0, 0.05) is 18.7 Å². The van der Waals surface area contributed by atoms with Gasteiger partial charge in [-0.3, -0.25) is 20.4 Å². The van der Waals surface area contributed by atoms with Gasteiger partial charge in [0.05, 0.1) is 4.90 Å². The minimum absolute atomic E-state index is 0.0151. The van der Waals surface area contributed by atoms with Crippen molar-refractivity contribution in [3.8, 4) is 5.75 Å². The van der Waals surface area contributed by atoms with E-state index in [4.69, 9.17) is 4.74 Å². The van der Waals surface area contributed by atoms with E-state index < -0.39 is 27.9 Å². The van der Waals surface area contributed by atoms with Gasteiger partial charge < -0.3 is 4.74 Å². The molecule has 162 valence electrons. The summed E-state index contributed by atoms with van der Waals surface area (Å²) in [6.45, 7) is 7.60. The fourth-order valence-electron chi connectivity index (χ4n) is 2.75. The maximum Gasteiger partial charge on any atom is 0.279 e. The first-order valence-electron chi connectivity index (χ1n) is 9.62. The number of rotatable bonds is 8. The molecule has 0 bridgehead atoms. The van der Waals surface area contributed by atoms with Crippen LogP contribution in [0.1, 0.15) is 36.7 Å². The number of ether oxygens (including phenoxy) is 1. The molecule has 30 heavy (non-hydrogen) atoms. The highest BCUT2D eigenvalue weighted by Gasteiger charge is 2.23. The first kappa shape index (κ1) is 23.4. The Kier molecular flexibility index (Phi) is 7.96. The lowest BCUT2D eigenvalue weighted by Crippen LogP contribution is -2.47. The SMILES string of the molecule is CCN(CC)S(=O)(=O)c1cccc(C(=O)NNC(=O)C(C)Oc2cccc(C)c2)c1. The number of hydrogen-bond donors (Lipinski definition) is 2. The van der Waals surface area contributed by atoms with Gasteiger partial charge in [-0.05, 0) is 49.7 Å². The van der Waals surface area contributed by atoms with Crippen molar-refractivity contribution >= 4 is 21.8 Å². The first-order valence-corrected chi connectivity index (χ1v) is 11.1. The largest absolute Gasteiger partial charge is 0.481 e. The summed E-state index contributed by atoms with van der Waals surface area (Å²) in [4.78, 5) is 24.6. The monoisotopic (exact) mass is 433 g/mol. The van der Waals surface area contributed by atoms with E-state index in [-0.39, 0.29) is 10.5 Å². The summed E-state index contributed by atoms with van der Waals surface area (Å²) in [5.41, 5.74) is 5.68. The molecule has 0 radical (unpaired) electrons. The van der Waals surface area contributed by atoms with Crippen molar-refractivity contribution in [2.24, 2.45) is 0 Å². The number of sulfonamides is 1. The molecule has 2 rings (SSSR count). The topological polar surface area (TPSA) is 105 Å². The molecule has 0 aromatic heterocycles. The summed E-state index contributed by atoms with van der Waals surface area (Å²) in [5, 5.41) is 0. The number of nitrogens with zero attached hydrogens (tertiary/aromatic N) is 1. The predicted molar refractivity (Wildman–Crippen MR) is 113 cm³/mol. The molecule has 1 unspecified atom stereocenters. The summed E-state index contributed by atoms with van der Waals surface area (Å²) in [6.07, 6.45) is -0.846. The van der Waals surface area contributed by atoms with Gasteiger partial charge in [-0.15, -0.1) is 0 Å². The Morgan fingerprint density at radius 1 is 1.03 bits per heavy atom. The van der Waals surface area contributed by atoms with Crippen molar-refractivity contribution in [1.29, 1.82) is 0 Å². The molecule has 2 aromatic rings. The number of aryl methyl sites for hydroxylation is 1. The van der Waals surface area contributed by atoms with Crippen LogP contribution in [0.3, 0.4) is 0 Å². The molecule has 0 aliphatic heterocycles. The lowest BCUT2D eigenvalue weighted by molar-refractivity contribution is -0.128. The summed E-state index contributed by atoms with van der Waals surface area (Å²) >= 11 is 0. The number of hydrazine groups is 1. The summed E-state index contributed by atoms with van der Waals surface area (Å²) < 4.78 is 32.1. The molecular weight excluding hydrogens is 406 g/mol. The van der Waals surface area contributed by atoms with Crippen molar-refractivity contribution in [2.75, 3.05) is 13.1 Å². The van der Waals surface area contributed by atoms with Crippen molar-refractivity contribution < 1.29 is 22.7 Å². The van der Waals surface area contributed by atoms with Gasteiger partial charge >= 0.3 is 0 Å². The third kappa shape index (κ3) is 5.80. The smallest absolute Gasteiger partial charge is 0.279 e. The average Bonchev–Trinajstić information content (AvgIpc) is 2.72. The molecule has 2 amide bonds. The van der Waals surface area contributed by atoms with E-state index in [2.05, 4.69) is 10.9 Å². The van der Waals surface area contributed by atoms with Crippen molar-refractivity contribution in [3.63, 3.8) is 0 Å². The van der Waals surface area contributed by atoms with E-state index in [1.54, 1.807) is 32.9 Å². The first-order chi connectivity index (χ1) is 14.2. The predicted octanol–water partition coefficient (Wildman–Crippen LogP) is 2.25. The quantitative estimate of drug-likeness (QED) is 0.622. The molecule has 0 saturated heterocycles. The van der Waals surface area contributed by atoms with Gasteiger partial charge in [0.2, 0.25) is 10.0 Å². The van der Waals surface area contributed by atoms with E-state index in [0.717, 1.165) is 5.56 Å². The number of amides is 2. The van der Waals surface area contributed by atoms with Crippen LogP contribution >= 0.6 is 0 Å². The summed E-state index contributed by atoms with van der Waals surface area (Å²) in [6, 6.07) is 12.9. The van der Waals surface area contributed by atoms with Crippen LogP contribution in [-0.2, 0) is 14.8 Å². The van der Waals surface area contributed by atoms with Crippen LogP contribution in [0.5, 0.6) is 5.75 Å². The minimum atomic E-state index is -3.69. The number of benzene rings is 2. The van der Waals surface area contributed by atoms with E-state index in [9.17, 15) is 18.0 Å². The van der Waals surface area contributed by atoms with Gasteiger partial charge in [0.25, 0.3) is 11.8 Å². The highest BCUT2D eigenvalue weighted by Crippen LogP contribution is 2.17. The lowest BCUT2D eigenvalue weighted by Gasteiger charge is -2.19. The van der Waals surface area contributed by atoms with Crippen LogP contribution in [0, 0.1) is 6.92 Å². The number of carbonyl (C=O) groups excluding carboxylic acids is 2. The zero-order chi connectivity index (χ0) is 22.3. The summed E-state index contributed by atoms with van der Waals surface area (Å²) in [7, 11) is -3.69. The molecule has 0 saturated carbocycles. The standard InChI is InChI=1S/C21H27N3O5S/c1-5-24(6-2)30(27,28)19-12-8-10-17(14-19)21(26)23-22-20(25)16(4)29-18-11-7-9-15(3)13-18/h7-14,16H,5-6H2,1-4H3,(H,22,25)(H,23,26). The number of carbonyl (C=O) groups is 2. The second-order valence-electron chi connectivity index (χ2n) is 6.64. The third-order valence-electron chi connectivity index (χ3n) is 4.41. The molecule has 0 spiro atoms. The normalized spacial score (nSPS) is 12.3. The van der Waals surface area contributed by atoms with Crippen LogP contribution in [0.2, 0.25) is 0 Å². The zero-order valence-electron chi connectivity index (χ0n) is 17.5. The Morgan fingerprint density at radius 3 is 2.33 bits per heavy atom. The van der Waals surface area contributed by atoms with Crippen LogP contribution in [0.4, 0.5) is 0 Å². The van der Waals surface area contributed by atoms with E-state index >= 15 is 0 Å². The van der Waals surface area contributed by atoms with E-state index in [1.807, 2.05) is 19.1 Å². The summed E-state index contributed by atoms with van der Waals surface area (Å²) in [5.74, 6) is -0.641. The molecule has 0 heterocycles. The third-order valence-corrected chi connectivity index (χ3v) is 6.46. The molecule has 2 aromatic carbocycles. The average molecular weight is 434 g/mol. The number of hydrogen-bond acceptors (Lipinski definition) is 5. The molecule has 0 aliphatic carbocycles. The molecule has 0 aliphatic rings. The van der Waals surface area contributed by atoms with Gasteiger partial charge in [-0.25, -0.2) is 8.42 Å². The second-order valence-corrected chi connectivity index (χ2v) is 8.58. The van der Waals surface area contributed by atoms with Crippen molar-refractivity contribution in [3.05, 3.63) is 59.7 Å². The van der Waals surface area contributed by atoms with Crippen LogP contribution < -0.4 is 15.6 Å². The van der Waals surface area contributed by atoms with E-state index in [0.29, 0.717) is 18.8 Å². The van der Waals surface area contributed by atoms with Crippen molar-refractivity contribution in [2.45, 2.75) is 38.7 Å².